The summed E-state index contributed by atoms with van der Waals surface area (Å²) in [6.45, 7) is 5.65. The number of furan rings is 1. The van der Waals surface area contributed by atoms with Crippen molar-refractivity contribution in [2.45, 2.75) is 81.8 Å². The molecule has 2 aliphatic heterocycles. The average molecular weight is 453 g/mol. The van der Waals surface area contributed by atoms with Crippen molar-refractivity contribution in [1.82, 2.24) is 10.6 Å². The van der Waals surface area contributed by atoms with Gasteiger partial charge in [0.25, 0.3) is 0 Å². The van der Waals surface area contributed by atoms with Crippen LogP contribution in [0.15, 0.2) is 53.1 Å². The molecule has 2 amide bonds. The third-order valence-corrected chi connectivity index (χ3v) is 7.31. The maximum Gasteiger partial charge on any atom is 0.220 e. The van der Waals surface area contributed by atoms with Crippen LogP contribution >= 0.6 is 0 Å². The van der Waals surface area contributed by atoms with Crippen LogP contribution < -0.4 is 10.6 Å². The summed E-state index contributed by atoms with van der Waals surface area (Å²) < 4.78 is 11.5. The summed E-state index contributed by atoms with van der Waals surface area (Å²) in [7, 11) is 0. The first kappa shape index (κ1) is 23.6. The van der Waals surface area contributed by atoms with Gasteiger partial charge in [0.2, 0.25) is 11.8 Å². The van der Waals surface area contributed by atoms with Gasteiger partial charge in [0.05, 0.1) is 11.9 Å². The fourth-order valence-corrected chi connectivity index (χ4v) is 5.68. The van der Waals surface area contributed by atoms with E-state index in [9.17, 15) is 9.59 Å². The molecule has 1 aromatic heterocycles. The summed E-state index contributed by atoms with van der Waals surface area (Å²) >= 11 is 0. The molecule has 4 rings (SSSR count). The van der Waals surface area contributed by atoms with Crippen molar-refractivity contribution in [2.75, 3.05) is 13.2 Å². The Morgan fingerprint density at radius 3 is 2.58 bits per heavy atom. The molecule has 178 valence electrons. The molecule has 2 aliphatic rings. The molecule has 6 nitrogen and oxygen atoms in total. The molecule has 2 fully saturated rings. The molecule has 33 heavy (non-hydrogen) atoms. The monoisotopic (exact) mass is 452 g/mol. The zero-order valence-corrected chi connectivity index (χ0v) is 19.8. The highest BCUT2D eigenvalue weighted by molar-refractivity contribution is 5.80. The molecule has 0 saturated carbocycles. The van der Waals surface area contributed by atoms with Gasteiger partial charge in [0, 0.05) is 43.4 Å². The van der Waals surface area contributed by atoms with E-state index in [0.717, 1.165) is 38.1 Å². The lowest BCUT2D eigenvalue weighted by atomic mass is 9.67. The first-order valence-corrected chi connectivity index (χ1v) is 12.1. The van der Waals surface area contributed by atoms with E-state index < -0.39 is 5.54 Å². The van der Waals surface area contributed by atoms with Gasteiger partial charge in [0.1, 0.15) is 5.76 Å². The number of hydrogen-bond acceptors (Lipinski definition) is 4. The second-order valence-corrected chi connectivity index (χ2v) is 10.4. The van der Waals surface area contributed by atoms with Gasteiger partial charge in [-0.3, -0.25) is 9.59 Å². The van der Waals surface area contributed by atoms with Crippen LogP contribution in [-0.4, -0.2) is 36.1 Å². The van der Waals surface area contributed by atoms with E-state index >= 15 is 0 Å². The molecular formula is C27H36N2O4. The molecule has 0 bridgehead atoms. The van der Waals surface area contributed by atoms with E-state index in [0.29, 0.717) is 32.2 Å². The molecule has 0 spiro atoms. The van der Waals surface area contributed by atoms with Crippen LogP contribution in [0.3, 0.4) is 0 Å². The van der Waals surface area contributed by atoms with Crippen molar-refractivity contribution >= 4 is 11.8 Å². The van der Waals surface area contributed by atoms with Crippen molar-refractivity contribution < 1.29 is 18.7 Å². The van der Waals surface area contributed by atoms with Crippen LogP contribution in [0.4, 0.5) is 0 Å². The maximum atomic E-state index is 12.8. The van der Waals surface area contributed by atoms with E-state index in [2.05, 4.69) is 48.7 Å². The molecule has 6 heteroatoms. The molecule has 2 aromatic rings. The van der Waals surface area contributed by atoms with Crippen LogP contribution in [-0.2, 0) is 26.2 Å². The van der Waals surface area contributed by atoms with Gasteiger partial charge in [-0.2, -0.15) is 0 Å². The number of nitrogens with one attached hydrogen (secondary N) is 2. The Balaban J connectivity index is 1.34. The third-order valence-electron chi connectivity index (χ3n) is 7.31. The average Bonchev–Trinajstić information content (AvgIpc) is 3.42. The number of benzene rings is 1. The van der Waals surface area contributed by atoms with E-state index in [4.69, 9.17) is 9.15 Å². The van der Waals surface area contributed by atoms with Crippen molar-refractivity contribution in [3.63, 3.8) is 0 Å². The van der Waals surface area contributed by atoms with Crippen molar-refractivity contribution in [1.29, 1.82) is 0 Å². The van der Waals surface area contributed by atoms with E-state index in [1.165, 1.54) is 5.56 Å². The van der Waals surface area contributed by atoms with Gasteiger partial charge in [0.15, 0.2) is 0 Å². The van der Waals surface area contributed by atoms with Crippen molar-refractivity contribution in [3.8, 4) is 0 Å². The summed E-state index contributed by atoms with van der Waals surface area (Å²) in [6, 6.07) is 14.4. The van der Waals surface area contributed by atoms with Crippen LogP contribution in [0.5, 0.6) is 0 Å². The van der Waals surface area contributed by atoms with Crippen LogP contribution in [0.1, 0.15) is 70.1 Å². The first-order valence-electron chi connectivity index (χ1n) is 12.1. The second kappa shape index (κ2) is 9.72. The highest BCUT2D eigenvalue weighted by atomic mass is 16.5. The number of carbonyl (C=O) groups excluding carboxylic acids is 2. The Labute approximate surface area is 196 Å². The minimum atomic E-state index is -0.401. The predicted molar refractivity (Wildman–Crippen MR) is 127 cm³/mol. The Morgan fingerprint density at radius 1 is 1.09 bits per heavy atom. The molecule has 1 aromatic carbocycles. The minimum absolute atomic E-state index is 0.00374. The van der Waals surface area contributed by atoms with Gasteiger partial charge >= 0.3 is 0 Å². The van der Waals surface area contributed by atoms with Crippen LogP contribution in [0.2, 0.25) is 0 Å². The second-order valence-electron chi connectivity index (χ2n) is 10.4. The molecule has 0 aliphatic carbocycles. The van der Waals surface area contributed by atoms with Crippen LogP contribution in [0.25, 0.3) is 0 Å². The highest BCUT2D eigenvalue weighted by Crippen LogP contribution is 2.43. The van der Waals surface area contributed by atoms with Crippen molar-refractivity contribution in [2.24, 2.45) is 0 Å². The van der Waals surface area contributed by atoms with E-state index in [1.54, 1.807) is 6.26 Å². The van der Waals surface area contributed by atoms with Gasteiger partial charge < -0.3 is 19.8 Å². The van der Waals surface area contributed by atoms with E-state index in [-0.39, 0.29) is 22.8 Å². The van der Waals surface area contributed by atoms with Gasteiger partial charge in [-0.25, -0.2) is 0 Å². The highest BCUT2D eigenvalue weighted by Gasteiger charge is 2.42. The number of carbonyl (C=O) groups is 2. The lowest BCUT2D eigenvalue weighted by molar-refractivity contribution is -0.123. The minimum Gasteiger partial charge on any atom is -0.469 e. The topological polar surface area (TPSA) is 80.6 Å². The summed E-state index contributed by atoms with van der Waals surface area (Å²) in [5, 5.41) is 6.26. The number of ether oxygens (including phenoxy) is 1. The Bertz CT molecular complexity index is 940. The molecule has 0 radical (unpaired) electrons. The van der Waals surface area contributed by atoms with Gasteiger partial charge in [-0.15, -0.1) is 0 Å². The zero-order valence-electron chi connectivity index (χ0n) is 19.8. The Kier molecular flexibility index (Phi) is 6.94. The quantitative estimate of drug-likeness (QED) is 0.595. The fourth-order valence-electron chi connectivity index (χ4n) is 5.68. The summed E-state index contributed by atoms with van der Waals surface area (Å²) in [5.41, 5.74) is 0.733. The molecule has 2 atom stereocenters. The third kappa shape index (κ3) is 5.85. The van der Waals surface area contributed by atoms with Gasteiger partial charge in [-0.05, 0) is 63.6 Å². The molecule has 2 N–H and O–H groups in total. The molecule has 2 saturated heterocycles. The summed E-state index contributed by atoms with van der Waals surface area (Å²) in [4.78, 5) is 24.7. The Morgan fingerprint density at radius 2 is 1.91 bits per heavy atom. The number of amides is 2. The summed E-state index contributed by atoms with van der Waals surface area (Å²) in [6.07, 6.45) is 7.24. The zero-order chi connectivity index (χ0) is 23.4. The van der Waals surface area contributed by atoms with E-state index in [1.807, 2.05) is 18.2 Å². The lowest BCUT2D eigenvalue weighted by Gasteiger charge is -2.45. The van der Waals surface area contributed by atoms with Crippen molar-refractivity contribution in [3.05, 3.63) is 60.1 Å². The normalized spacial score (nSPS) is 26.7. The fraction of sp³-hybridized carbons (Fsp3) is 0.556. The molecular weight excluding hydrogens is 416 g/mol. The number of rotatable bonds is 9. The Hall–Kier alpha value is -2.60. The lowest BCUT2D eigenvalue weighted by Crippen LogP contribution is -2.46. The first-order chi connectivity index (χ1) is 15.8. The predicted octanol–water partition coefficient (Wildman–Crippen LogP) is 4.28. The largest absolute Gasteiger partial charge is 0.469 e. The maximum absolute atomic E-state index is 12.8. The van der Waals surface area contributed by atoms with Crippen LogP contribution in [0, 0.1) is 0 Å². The SMILES string of the molecule is CC1(C)C[C@@](CCNC(=O)CC[C@]2(Cc3ccco3)CCC(=O)N2)(c2ccccc2)CCO1. The standard InChI is InChI=1S/C27H36N2O4/c1-25(2)20-26(15-18-33-25,21-7-4-3-5-8-21)14-16-28-23(30)10-12-27(13-11-24(31)29-27)19-22-9-6-17-32-22/h3-9,17H,10-16,18-20H2,1-2H3,(H,28,30)(H,29,31)/t26-,27+/m0/s1. The molecule has 3 heterocycles. The smallest absolute Gasteiger partial charge is 0.220 e. The summed E-state index contributed by atoms with van der Waals surface area (Å²) in [5.74, 6) is 0.919. The molecule has 0 unspecified atom stereocenters. The van der Waals surface area contributed by atoms with Gasteiger partial charge in [-0.1, -0.05) is 30.3 Å². The number of hydrogen-bond donors (Lipinski definition) is 2.